The lowest BCUT2D eigenvalue weighted by atomic mass is 10.2. The molecule has 0 saturated carbocycles. The molecule has 0 rings (SSSR count). The Balaban J connectivity index is 3.79. The number of carbonyl (C=O) groups excluding carboxylic acids is 1. The zero-order valence-electron chi connectivity index (χ0n) is 12.9. The van der Waals surface area contributed by atoms with Crippen LogP contribution in [0.2, 0.25) is 6.04 Å². The Morgan fingerprint density at radius 1 is 1.05 bits per heavy atom. The van der Waals surface area contributed by atoms with E-state index in [0.29, 0.717) is 6.54 Å². The van der Waals surface area contributed by atoms with Gasteiger partial charge in [-0.25, -0.2) is 4.79 Å². The molecule has 114 valence electrons. The van der Waals surface area contributed by atoms with Crippen LogP contribution in [0, 0.1) is 0 Å². The Bertz CT molecular complexity index is 255. The van der Waals surface area contributed by atoms with Gasteiger partial charge >= 0.3 is 14.9 Å². The Morgan fingerprint density at radius 3 is 2.00 bits per heavy atom. The Hall–Kier alpha value is -0.633. The molecule has 0 bridgehead atoms. The lowest BCUT2D eigenvalue weighted by molar-refractivity contribution is 0.0527. The number of ether oxygens (including phenoxy) is 1. The minimum Gasteiger partial charge on any atom is -0.444 e. The first-order valence-corrected chi connectivity index (χ1v) is 8.34. The standard InChI is InChI=1S/C12H27NO5Si/c1-12(2,3)18-11(14)13-9-7-8-10-19(15-4,16-5)17-6/h7-10H2,1-6H3,(H,13,14). The first-order chi connectivity index (χ1) is 8.78. The van der Waals surface area contributed by atoms with Crippen LogP contribution >= 0.6 is 0 Å². The molecule has 7 heteroatoms. The molecule has 0 aromatic rings. The van der Waals surface area contributed by atoms with Gasteiger partial charge in [-0.1, -0.05) is 0 Å². The van der Waals surface area contributed by atoms with Gasteiger partial charge in [-0.2, -0.15) is 0 Å². The van der Waals surface area contributed by atoms with Crippen molar-refractivity contribution in [1.29, 1.82) is 0 Å². The summed E-state index contributed by atoms with van der Waals surface area (Å²) in [5.74, 6) is 0. The second-order valence-electron chi connectivity index (χ2n) is 5.18. The first kappa shape index (κ1) is 18.4. The molecule has 6 nitrogen and oxygen atoms in total. The van der Waals surface area contributed by atoms with Crippen LogP contribution in [0.5, 0.6) is 0 Å². The third-order valence-electron chi connectivity index (χ3n) is 2.51. The summed E-state index contributed by atoms with van der Waals surface area (Å²) < 4.78 is 21.1. The predicted octanol–water partition coefficient (Wildman–Crippen LogP) is 2.17. The van der Waals surface area contributed by atoms with E-state index in [-0.39, 0.29) is 6.09 Å². The maximum atomic E-state index is 11.4. The molecular formula is C12H27NO5Si. The van der Waals surface area contributed by atoms with Crippen molar-refractivity contribution in [3.05, 3.63) is 0 Å². The Labute approximate surface area is 117 Å². The van der Waals surface area contributed by atoms with Gasteiger partial charge in [0, 0.05) is 33.9 Å². The Morgan fingerprint density at radius 2 is 1.58 bits per heavy atom. The fourth-order valence-corrected chi connectivity index (χ4v) is 3.32. The molecule has 0 unspecified atom stereocenters. The van der Waals surface area contributed by atoms with E-state index in [4.69, 9.17) is 18.0 Å². The summed E-state index contributed by atoms with van der Waals surface area (Å²) in [6, 6.07) is 0.729. The highest BCUT2D eigenvalue weighted by Gasteiger charge is 2.36. The molecule has 0 aliphatic rings. The van der Waals surface area contributed by atoms with E-state index in [1.807, 2.05) is 20.8 Å². The largest absolute Gasteiger partial charge is 0.500 e. The van der Waals surface area contributed by atoms with Crippen molar-refractivity contribution in [3.63, 3.8) is 0 Å². The fraction of sp³-hybridized carbons (Fsp3) is 0.917. The summed E-state index contributed by atoms with van der Waals surface area (Å²) in [6.07, 6.45) is 1.29. The van der Waals surface area contributed by atoms with Crippen LogP contribution in [0.3, 0.4) is 0 Å². The number of rotatable bonds is 8. The fourth-order valence-electron chi connectivity index (χ4n) is 1.53. The quantitative estimate of drug-likeness (QED) is 0.549. The molecule has 1 N–H and O–H groups in total. The van der Waals surface area contributed by atoms with Crippen LogP contribution < -0.4 is 5.32 Å². The normalized spacial score (nSPS) is 12.3. The van der Waals surface area contributed by atoms with Gasteiger partial charge in [0.25, 0.3) is 0 Å². The third kappa shape index (κ3) is 8.20. The average Bonchev–Trinajstić information content (AvgIpc) is 2.32. The van der Waals surface area contributed by atoms with Crippen LogP contribution in [0.4, 0.5) is 4.79 Å². The molecule has 0 aliphatic carbocycles. The minimum atomic E-state index is -2.48. The monoisotopic (exact) mass is 293 g/mol. The molecule has 0 heterocycles. The maximum Gasteiger partial charge on any atom is 0.500 e. The van der Waals surface area contributed by atoms with Crippen LogP contribution in [-0.4, -0.2) is 48.4 Å². The molecule has 1 amide bonds. The van der Waals surface area contributed by atoms with E-state index < -0.39 is 14.4 Å². The van der Waals surface area contributed by atoms with Crippen molar-refractivity contribution in [1.82, 2.24) is 5.32 Å². The molecule has 0 aliphatic heterocycles. The number of hydrogen-bond acceptors (Lipinski definition) is 5. The molecule has 0 spiro atoms. The zero-order valence-corrected chi connectivity index (χ0v) is 13.9. The van der Waals surface area contributed by atoms with E-state index in [2.05, 4.69) is 5.32 Å². The zero-order chi connectivity index (χ0) is 14.9. The van der Waals surface area contributed by atoms with Gasteiger partial charge in [0.2, 0.25) is 0 Å². The second kappa shape index (κ2) is 8.52. The number of unbranched alkanes of at least 4 members (excludes halogenated alkanes) is 1. The smallest absolute Gasteiger partial charge is 0.444 e. The lowest BCUT2D eigenvalue weighted by Gasteiger charge is -2.24. The lowest BCUT2D eigenvalue weighted by Crippen LogP contribution is -2.42. The van der Waals surface area contributed by atoms with Gasteiger partial charge in [-0.05, 0) is 33.6 Å². The van der Waals surface area contributed by atoms with Gasteiger partial charge in [-0.3, -0.25) is 0 Å². The van der Waals surface area contributed by atoms with Crippen LogP contribution in [0.15, 0.2) is 0 Å². The van der Waals surface area contributed by atoms with Gasteiger partial charge < -0.3 is 23.3 Å². The molecule has 0 atom stereocenters. The van der Waals surface area contributed by atoms with Crippen LogP contribution in [0.25, 0.3) is 0 Å². The summed E-state index contributed by atoms with van der Waals surface area (Å²) >= 11 is 0. The summed E-state index contributed by atoms with van der Waals surface area (Å²) in [4.78, 5) is 11.4. The second-order valence-corrected chi connectivity index (χ2v) is 8.27. The van der Waals surface area contributed by atoms with Crippen molar-refractivity contribution < 1.29 is 22.8 Å². The van der Waals surface area contributed by atoms with Crippen LogP contribution in [-0.2, 0) is 18.0 Å². The summed E-state index contributed by atoms with van der Waals surface area (Å²) in [6.45, 7) is 6.07. The number of amides is 1. The number of alkyl carbamates (subject to hydrolysis) is 1. The van der Waals surface area contributed by atoms with Gasteiger partial charge in [0.1, 0.15) is 5.60 Å². The summed E-state index contributed by atoms with van der Waals surface area (Å²) in [5, 5.41) is 2.71. The van der Waals surface area contributed by atoms with Gasteiger partial charge in [0.15, 0.2) is 0 Å². The van der Waals surface area contributed by atoms with Gasteiger partial charge in [-0.15, -0.1) is 0 Å². The summed E-state index contributed by atoms with van der Waals surface area (Å²) in [7, 11) is 2.31. The SMILES string of the molecule is CO[Si](CCCCNC(=O)OC(C)(C)C)(OC)OC. The van der Waals surface area contributed by atoms with Crippen molar-refractivity contribution in [2.75, 3.05) is 27.9 Å². The number of carbonyl (C=O) groups is 1. The van der Waals surface area contributed by atoms with E-state index in [0.717, 1.165) is 18.9 Å². The van der Waals surface area contributed by atoms with E-state index in [1.165, 1.54) is 0 Å². The third-order valence-corrected chi connectivity index (χ3v) is 5.34. The van der Waals surface area contributed by atoms with Crippen molar-refractivity contribution >= 4 is 14.9 Å². The maximum absolute atomic E-state index is 11.4. The molecular weight excluding hydrogens is 266 g/mol. The highest BCUT2D eigenvalue weighted by molar-refractivity contribution is 6.60. The van der Waals surface area contributed by atoms with E-state index in [9.17, 15) is 4.79 Å². The average molecular weight is 293 g/mol. The van der Waals surface area contributed by atoms with E-state index in [1.54, 1.807) is 21.3 Å². The molecule has 0 aromatic heterocycles. The molecule has 0 fully saturated rings. The van der Waals surface area contributed by atoms with E-state index >= 15 is 0 Å². The molecule has 0 aromatic carbocycles. The van der Waals surface area contributed by atoms with Crippen molar-refractivity contribution in [2.24, 2.45) is 0 Å². The van der Waals surface area contributed by atoms with Crippen molar-refractivity contribution in [2.45, 2.75) is 45.3 Å². The molecule has 0 radical (unpaired) electrons. The highest BCUT2D eigenvalue weighted by Crippen LogP contribution is 2.16. The van der Waals surface area contributed by atoms with Crippen molar-refractivity contribution in [3.8, 4) is 0 Å². The first-order valence-electron chi connectivity index (χ1n) is 6.41. The highest BCUT2D eigenvalue weighted by atomic mass is 28.4. The summed E-state index contributed by atoms with van der Waals surface area (Å²) in [5.41, 5.74) is -0.464. The van der Waals surface area contributed by atoms with Gasteiger partial charge in [0.05, 0.1) is 0 Å². The van der Waals surface area contributed by atoms with Crippen LogP contribution in [0.1, 0.15) is 33.6 Å². The Kier molecular flexibility index (Phi) is 8.24. The minimum absolute atomic E-state index is 0.388. The molecule has 0 saturated heterocycles. The topological polar surface area (TPSA) is 66.0 Å². The number of hydrogen-bond donors (Lipinski definition) is 1. The predicted molar refractivity (Wildman–Crippen MR) is 75.1 cm³/mol. The number of nitrogens with one attached hydrogen (secondary N) is 1. The molecule has 19 heavy (non-hydrogen) atoms.